The van der Waals surface area contributed by atoms with Crippen LogP contribution in [0.5, 0.6) is 0 Å². The Morgan fingerprint density at radius 3 is 1.09 bits per heavy atom. The highest BCUT2D eigenvalue weighted by Crippen LogP contribution is 2.50. The summed E-state index contributed by atoms with van der Waals surface area (Å²) in [5.74, 6) is 2.28. The van der Waals surface area contributed by atoms with E-state index in [0.29, 0.717) is 23.0 Å². The molecule has 1 nitrogen and oxygen atoms in total. The molecule has 4 aliphatic rings. The van der Waals surface area contributed by atoms with Crippen LogP contribution in [0, 0.1) is 70.6 Å². The molecule has 4 fully saturated rings. The topological polar surface area (TPSA) is 9.23 Å². The van der Waals surface area contributed by atoms with E-state index in [9.17, 15) is 8.78 Å². The molecule has 248 valence electrons. The van der Waals surface area contributed by atoms with E-state index in [1.165, 1.54) is 75.6 Å². The minimum absolute atomic E-state index is 0.0651. The van der Waals surface area contributed by atoms with Gasteiger partial charge in [0.1, 0.15) is 23.3 Å². The molecule has 4 saturated carbocycles. The fourth-order valence-electron chi connectivity index (χ4n) is 9.85. The second kappa shape index (κ2) is 14.9. The fourth-order valence-corrected chi connectivity index (χ4v) is 9.85. The maximum Gasteiger partial charge on any atom is 0.131 e. The molecule has 0 saturated heterocycles. The molecule has 2 aromatic rings. The van der Waals surface area contributed by atoms with E-state index < -0.39 is 35.5 Å². The number of benzene rings is 2. The monoisotopic (exact) mass is 626 g/mol. The molecular weight excluding hydrogens is 572 g/mol. The molecule has 0 radical (unpaired) electrons. The largest absolute Gasteiger partial charge is 0.365 e. The summed E-state index contributed by atoms with van der Waals surface area (Å²) < 4.78 is 66.2. The lowest BCUT2D eigenvalue weighted by Gasteiger charge is -2.43. The Labute approximate surface area is 268 Å². The van der Waals surface area contributed by atoms with Crippen molar-refractivity contribution in [2.45, 2.75) is 129 Å². The third kappa shape index (κ3) is 7.99. The minimum atomic E-state index is -0.609. The highest BCUT2D eigenvalue weighted by molar-refractivity contribution is 5.25. The maximum absolute atomic E-state index is 15.5. The summed E-state index contributed by atoms with van der Waals surface area (Å²) in [6.07, 6.45) is 17.3. The van der Waals surface area contributed by atoms with E-state index >= 15 is 8.78 Å². The van der Waals surface area contributed by atoms with Crippen molar-refractivity contribution >= 4 is 0 Å². The Hall–Kier alpha value is -1.88. The molecule has 0 spiro atoms. The van der Waals surface area contributed by atoms with Gasteiger partial charge in [-0.2, -0.15) is 0 Å². The Morgan fingerprint density at radius 2 is 0.778 bits per heavy atom. The molecular formula is C40H54F4O. The molecule has 45 heavy (non-hydrogen) atoms. The number of rotatable bonds is 8. The molecule has 5 heteroatoms. The molecule has 2 unspecified atom stereocenters. The molecule has 0 heterocycles. The molecule has 6 rings (SSSR count). The second-order valence-corrected chi connectivity index (χ2v) is 15.7. The molecule has 0 N–H and O–H groups in total. The first kappa shape index (κ1) is 33.0. The van der Waals surface area contributed by atoms with Crippen molar-refractivity contribution in [3.05, 3.63) is 70.8 Å². The lowest BCUT2D eigenvalue weighted by atomic mass is 9.67. The summed E-state index contributed by atoms with van der Waals surface area (Å²) in [4.78, 5) is 0. The maximum atomic E-state index is 15.5. The smallest absolute Gasteiger partial charge is 0.131 e. The SMILES string of the molecule is C[C@H]1CC[C@H]([C@H]2CC[C@H](C(OC(c3ccc(F)cc3F)[C@H]3CC[C@H]([C@H]4CC[C@H](C)CC4)CC3)c3ccc(F)cc3F)CC2)CC1. The van der Waals surface area contributed by atoms with Crippen molar-refractivity contribution in [3.63, 3.8) is 0 Å². The van der Waals surface area contributed by atoms with Crippen LogP contribution in [-0.4, -0.2) is 0 Å². The molecule has 4 aliphatic carbocycles. The third-order valence-electron chi connectivity index (χ3n) is 12.8. The predicted octanol–water partition coefficient (Wildman–Crippen LogP) is 12.3. The summed E-state index contributed by atoms with van der Waals surface area (Å²) in [5, 5.41) is 0. The van der Waals surface area contributed by atoms with Crippen molar-refractivity contribution in [2.75, 3.05) is 0 Å². The van der Waals surface area contributed by atoms with Crippen LogP contribution >= 0.6 is 0 Å². The third-order valence-corrected chi connectivity index (χ3v) is 12.8. The fraction of sp³-hybridized carbons (Fsp3) is 0.700. The van der Waals surface area contributed by atoms with Gasteiger partial charge in [-0.25, -0.2) is 17.6 Å². The van der Waals surface area contributed by atoms with E-state index in [2.05, 4.69) is 13.8 Å². The first-order chi connectivity index (χ1) is 21.7. The number of hydrogen-bond donors (Lipinski definition) is 0. The Balaban J connectivity index is 1.23. The van der Waals surface area contributed by atoms with E-state index in [0.717, 1.165) is 87.2 Å². The van der Waals surface area contributed by atoms with Gasteiger partial charge in [-0.05, 0) is 137 Å². The van der Waals surface area contributed by atoms with Crippen LogP contribution in [0.1, 0.15) is 140 Å². The van der Waals surface area contributed by atoms with Gasteiger partial charge in [0.15, 0.2) is 0 Å². The van der Waals surface area contributed by atoms with Crippen molar-refractivity contribution in [2.24, 2.45) is 47.3 Å². The normalized spacial score (nSPS) is 34.3. The Morgan fingerprint density at radius 1 is 0.467 bits per heavy atom. The predicted molar refractivity (Wildman–Crippen MR) is 172 cm³/mol. The minimum Gasteiger partial charge on any atom is -0.365 e. The van der Waals surface area contributed by atoms with Gasteiger partial charge in [-0.1, -0.05) is 51.7 Å². The summed E-state index contributed by atoms with van der Waals surface area (Å²) >= 11 is 0. The van der Waals surface area contributed by atoms with Gasteiger partial charge in [0.25, 0.3) is 0 Å². The van der Waals surface area contributed by atoms with E-state index in [-0.39, 0.29) is 11.8 Å². The molecule has 2 aromatic carbocycles. The first-order valence-corrected chi connectivity index (χ1v) is 18.3. The average Bonchev–Trinajstić information content (AvgIpc) is 3.04. The highest BCUT2D eigenvalue weighted by atomic mass is 19.1. The summed E-state index contributed by atoms with van der Waals surface area (Å²) in [6, 6.07) is 7.58. The van der Waals surface area contributed by atoms with Gasteiger partial charge in [0.2, 0.25) is 0 Å². The van der Waals surface area contributed by atoms with E-state index in [1.54, 1.807) is 0 Å². The molecule has 0 bridgehead atoms. The van der Waals surface area contributed by atoms with Crippen LogP contribution in [0.4, 0.5) is 17.6 Å². The van der Waals surface area contributed by atoms with Crippen LogP contribution in [0.25, 0.3) is 0 Å². The summed E-state index contributed by atoms with van der Waals surface area (Å²) in [6.45, 7) is 4.71. The molecule has 0 aliphatic heterocycles. The number of halogens is 4. The van der Waals surface area contributed by atoms with Gasteiger partial charge in [0.05, 0.1) is 12.2 Å². The summed E-state index contributed by atoms with van der Waals surface area (Å²) in [5.41, 5.74) is 0.729. The van der Waals surface area contributed by atoms with Crippen LogP contribution < -0.4 is 0 Å². The van der Waals surface area contributed by atoms with Gasteiger partial charge in [-0.3, -0.25) is 0 Å². The quantitative estimate of drug-likeness (QED) is 0.265. The van der Waals surface area contributed by atoms with Crippen LogP contribution in [-0.2, 0) is 4.74 Å². The zero-order chi connectivity index (χ0) is 31.5. The standard InChI is InChI=1S/C40H54F4O/c1-25-3-7-27(8-4-25)29-11-15-31(16-12-29)39(35-21-19-33(41)23-37(35)43)45-40(36-22-20-34(42)24-38(36)44)32-17-13-30(14-18-32)28-9-5-26(2)6-10-28/h19-32,39-40H,3-18H2,1-2H3/t25-,26-,27-,28-,29-,30-,31-,32-,39?,40?. The van der Waals surface area contributed by atoms with Crippen molar-refractivity contribution in [3.8, 4) is 0 Å². The zero-order valence-electron chi connectivity index (χ0n) is 27.5. The van der Waals surface area contributed by atoms with Crippen molar-refractivity contribution < 1.29 is 22.3 Å². The van der Waals surface area contributed by atoms with E-state index in [1.807, 2.05) is 0 Å². The van der Waals surface area contributed by atoms with Gasteiger partial charge < -0.3 is 4.74 Å². The lowest BCUT2D eigenvalue weighted by molar-refractivity contribution is -0.0958. The second-order valence-electron chi connectivity index (χ2n) is 15.7. The van der Waals surface area contributed by atoms with Gasteiger partial charge in [-0.15, -0.1) is 0 Å². The van der Waals surface area contributed by atoms with Crippen molar-refractivity contribution in [1.29, 1.82) is 0 Å². The van der Waals surface area contributed by atoms with Crippen molar-refractivity contribution in [1.82, 2.24) is 0 Å². The Bertz CT molecular complexity index is 1140. The first-order valence-electron chi connectivity index (χ1n) is 18.3. The molecule has 0 aromatic heterocycles. The number of hydrogen-bond acceptors (Lipinski definition) is 1. The number of ether oxygens (including phenoxy) is 1. The van der Waals surface area contributed by atoms with Crippen LogP contribution in [0.3, 0.4) is 0 Å². The Kier molecular flexibility index (Phi) is 10.9. The average molecular weight is 627 g/mol. The van der Waals surface area contributed by atoms with E-state index in [4.69, 9.17) is 4.74 Å². The van der Waals surface area contributed by atoms with Gasteiger partial charge >= 0.3 is 0 Å². The highest BCUT2D eigenvalue weighted by Gasteiger charge is 2.40. The molecule has 2 atom stereocenters. The van der Waals surface area contributed by atoms with Crippen LogP contribution in [0.15, 0.2) is 36.4 Å². The lowest BCUT2D eigenvalue weighted by Crippen LogP contribution is -2.32. The molecule has 0 amide bonds. The van der Waals surface area contributed by atoms with Gasteiger partial charge in [0, 0.05) is 23.3 Å². The van der Waals surface area contributed by atoms with Crippen LogP contribution in [0.2, 0.25) is 0 Å². The zero-order valence-corrected chi connectivity index (χ0v) is 27.5. The summed E-state index contributed by atoms with van der Waals surface area (Å²) in [7, 11) is 0.